The lowest BCUT2D eigenvalue weighted by atomic mass is 10.3. The summed E-state index contributed by atoms with van der Waals surface area (Å²) in [4.78, 5) is 17.7. The fourth-order valence-electron chi connectivity index (χ4n) is 1.30. The van der Waals surface area contributed by atoms with E-state index in [0.29, 0.717) is 19.1 Å². The lowest BCUT2D eigenvalue weighted by Crippen LogP contribution is -2.35. The molecule has 0 saturated heterocycles. The van der Waals surface area contributed by atoms with Crippen molar-refractivity contribution in [1.29, 1.82) is 0 Å². The molecule has 0 aliphatic carbocycles. The van der Waals surface area contributed by atoms with Gasteiger partial charge in [-0.15, -0.1) is 11.3 Å². The molecule has 1 rings (SSSR count). The number of esters is 1. The fraction of sp³-hybridized carbons (Fsp3) is 0.636. The Morgan fingerprint density at radius 3 is 2.75 bits per heavy atom. The first kappa shape index (κ1) is 13.1. The van der Waals surface area contributed by atoms with E-state index in [1.54, 1.807) is 11.3 Å². The summed E-state index contributed by atoms with van der Waals surface area (Å²) < 4.78 is 4.68. The first-order chi connectivity index (χ1) is 7.52. The van der Waals surface area contributed by atoms with E-state index in [1.165, 1.54) is 7.11 Å². The number of hydrogen-bond acceptors (Lipinski definition) is 5. The predicted octanol–water partition coefficient (Wildman–Crippen LogP) is 1.83. The molecule has 0 aliphatic rings. The zero-order chi connectivity index (χ0) is 12.1. The van der Waals surface area contributed by atoms with Gasteiger partial charge in [0.1, 0.15) is 5.01 Å². The average Bonchev–Trinajstić information content (AvgIpc) is 2.62. The summed E-state index contributed by atoms with van der Waals surface area (Å²) in [6.45, 7) is 7.10. The lowest BCUT2D eigenvalue weighted by molar-refractivity contribution is -0.142. The molecule has 16 heavy (non-hydrogen) atoms. The first-order valence-corrected chi connectivity index (χ1v) is 6.12. The highest BCUT2D eigenvalue weighted by Crippen LogP contribution is 2.13. The lowest BCUT2D eigenvalue weighted by Gasteiger charge is -2.23. The molecule has 4 nitrogen and oxygen atoms in total. The van der Waals surface area contributed by atoms with E-state index in [-0.39, 0.29) is 5.97 Å². The van der Waals surface area contributed by atoms with Gasteiger partial charge < -0.3 is 4.74 Å². The predicted molar refractivity (Wildman–Crippen MR) is 64.4 cm³/mol. The van der Waals surface area contributed by atoms with Crippen molar-refractivity contribution in [3.8, 4) is 0 Å². The van der Waals surface area contributed by atoms with Gasteiger partial charge in [-0.1, -0.05) is 0 Å². The van der Waals surface area contributed by atoms with Crippen molar-refractivity contribution >= 4 is 17.3 Å². The van der Waals surface area contributed by atoms with Gasteiger partial charge in [-0.3, -0.25) is 9.69 Å². The molecule has 0 unspecified atom stereocenters. The maximum Gasteiger partial charge on any atom is 0.319 e. The molecule has 0 radical (unpaired) electrons. The SMILES string of the molecule is COC(=O)CN(Cc1nc(C)cs1)C(C)C. The molecule has 5 heteroatoms. The van der Waals surface area contributed by atoms with Gasteiger partial charge in [0.15, 0.2) is 0 Å². The van der Waals surface area contributed by atoms with Crippen LogP contribution >= 0.6 is 11.3 Å². The van der Waals surface area contributed by atoms with Crippen LogP contribution in [0.1, 0.15) is 24.5 Å². The van der Waals surface area contributed by atoms with E-state index in [9.17, 15) is 4.79 Å². The third kappa shape index (κ3) is 3.90. The Labute approximate surface area is 100 Å². The van der Waals surface area contributed by atoms with Crippen LogP contribution in [0.2, 0.25) is 0 Å². The number of nitrogens with zero attached hydrogens (tertiary/aromatic N) is 2. The molecule has 0 aliphatic heterocycles. The molecule has 1 aromatic heterocycles. The molecular weight excluding hydrogens is 224 g/mol. The third-order valence-electron chi connectivity index (χ3n) is 2.30. The monoisotopic (exact) mass is 242 g/mol. The van der Waals surface area contributed by atoms with Crippen molar-refractivity contribution in [2.75, 3.05) is 13.7 Å². The Balaban J connectivity index is 2.61. The second-order valence-corrected chi connectivity index (χ2v) is 4.90. The largest absolute Gasteiger partial charge is 0.468 e. The van der Waals surface area contributed by atoms with Crippen LogP contribution in [0.5, 0.6) is 0 Å². The second kappa shape index (κ2) is 5.96. The summed E-state index contributed by atoms with van der Waals surface area (Å²) in [6, 6.07) is 0.295. The summed E-state index contributed by atoms with van der Waals surface area (Å²) in [5.74, 6) is -0.207. The summed E-state index contributed by atoms with van der Waals surface area (Å²) in [5.41, 5.74) is 1.03. The van der Waals surface area contributed by atoms with Gasteiger partial charge in [-0.2, -0.15) is 0 Å². The highest BCUT2D eigenvalue weighted by Gasteiger charge is 2.16. The second-order valence-electron chi connectivity index (χ2n) is 3.96. The number of methoxy groups -OCH3 is 1. The van der Waals surface area contributed by atoms with Crippen molar-refractivity contribution in [1.82, 2.24) is 9.88 Å². The van der Waals surface area contributed by atoms with Crippen LogP contribution < -0.4 is 0 Å². The Kier molecular flexibility index (Phi) is 4.89. The van der Waals surface area contributed by atoms with Crippen LogP contribution in [0.3, 0.4) is 0 Å². The van der Waals surface area contributed by atoms with Crippen LogP contribution in [0.15, 0.2) is 5.38 Å². The minimum Gasteiger partial charge on any atom is -0.468 e. The molecule has 0 fully saturated rings. The highest BCUT2D eigenvalue weighted by atomic mass is 32.1. The van der Waals surface area contributed by atoms with E-state index in [4.69, 9.17) is 0 Å². The smallest absolute Gasteiger partial charge is 0.319 e. The molecule has 90 valence electrons. The van der Waals surface area contributed by atoms with Gasteiger partial charge in [0, 0.05) is 17.1 Å². The molecule has 1 aromatic rings. The van der Waals surface area contributed by atoms with E-state index >= 15 is 0 Å². The van der Waals surface area contributed by atoms with Crippen molar-refractivity contribution in [3.05, 3.63) is 16.1 Å². The number of hydrogen-bond donors (Lipinski definition) is 0. The Bertz CT molecular complexity index is 350. The van der Waals surface area contributed by atoms with Crippen molar-refractivity contribution in [2.24, 2.45) is 0 Å². The Morgan fingerprint density at radius 2 is 2.31 bits per heavy atom. The fourth-order valence-corrected chi connectivity index (χ4v) is 2.10. The number of thiazole rings is 1. The van der Waals surface area contributed by atoms with Crippen LogP contribution in [0, 0.1) is 6.92 Å². The van der Waals surface area contributed by atoms with E-state index < -0.39 is 0 Å². The third-order valence-corrected chi connectivity index (χ3v) is 3.25. The number of aryl methyl sites for hydroxylation is 1. The minimum absolute atomic E-state index is 0.207. The molecule has 0 spiro atoms. The van der Waals surface area contributed by atoms with Crippen LogP contribution in [-0.4, -0.2) is 35.5 Å². The number of carbonyl (C=O) groups is 1. The molecule has 1 heterocycles. The van der Waals surface area contributed by atoms with Crippen LogP contribution in [0.4, 0.5) is 0 Å². The molecule has 0 atom stereocenters. The maximum atomic E-state index is 11.2. The number of carbonyl (C=O) groups excluding carboxylic acids is 1. The van der Waals surface area contributed by atoms with Crippen LogP contribution in [-0.2, 0) is 16.1 Å². The molecule has 0 bridgehead atoms. The van der Waals surface area contributed by atoms with Crippen molar-refractivity contribution < 1.29 is 9.53 Å². The zero-order valence-electron chi connectivity index (χ0n) is 10.2. The van der Waals surface area contributed by atoms with Gasteiger partial charge in [-0.05, 0) is 20.8 Å². The van der Waals surface area contributed by atoms with Crippen molar-refractivity contribution in [3.63, 3.8) is 0 Å². The van der Waals surface area contributed by atoms with E-state index in [0.717, 1.165) is 10.7 Å². The molecule has 0 saturated carbocycles. The van der Waals surface area contributed by atoms with Gasteiger partial charge in [0.05, 0.1) is 20.2 Å². The molecule has 0 N–H and O–H groups in total. The first-order valence-electron chi connectivity index (χ1n) is 5.24. The van der Waals surface area contributed by atoms with Gasteiger partial charge in [0.2, 0.25) is 0 Å². The van der Waals surface area contributed by atoms with Gasteiger partial charge in [0.25, 0.3) is 0 Å². The molecule has 0 amide bonds. The summed E-state index contributed by atoms with van der Waals surface area (Å²) in [5, 5.41) is 3.06. The van der Waals surface area contributed by atoms with Crippen molar-refractivity contribution in [2.45, 2.75) is 33.4 Å². The zero-order valence-corrected chi connectivity index (χ0v) is 11.0. The molecular formula is C11H18N2O2S. The summed E-state index contributed by atoms with van der Waals surface area (Å²) in [7, 11) is 1.41. The average molecular weight is 242 g/mol. The maximum absolute atomic E-state index is 11.2. The quantitative estimate of drug-likeness (QED) is 0.739. The Hall–Kier alpha value is -0.940. The Morgan fingerprint density at radius 1 is 1.62 bits per heavy atom. The number of aromatic nitrogens is 1. The van der Waals surface area contributed by atoms with E-state index in [2.05, 4.69) is 23.6 Å². The number of ether oxygens (including phenoxy) is 1. The summed E-state index contributed by atoms with van der Waals surface area (Å²) in [6.07, 6.45) is 0. The van der Waals surface area contributed by atoms with E-state index in [1.807, 2.05) is 17.2 Å². The van der Waals surface area contributed by atoms with Gasteiger partial charge in [-0.25, -0.2) is 4.98 Å². The van der Waals surface area contributed by atoms with Gasteiger partial charge >= 0.3 is 5.97 Å². The normalized spacial score (nSPS) is 11.1. The topological polar surface area (TPSA) is 42.4 Å². The molecule has 0 aromatic carbocycles. The standard InChI is InChI=1S/C11H18N2O2S/c1-8(2)13(6-11(14)15-4)5-10-12-9(3)7-16-10/h7-8H,5-6H2,1-4H3. The minimum atomic E-state index is -0.207. The highest BCUT2D eigenvalue weighted by molar-refractivity contribution is 7.09. The number of rotatable bonds is 5. The van der Waals surface area contributed by atoms with Crippen LogP contribution in [0.25, 0.3) is 0 Å². The summed E-state index contributed by atoms with van der Waals surface area (Å²) >= 11 is 1.63.